The van der Waals surface area contributed by atoms with Crippen LogP contribution in [0.25, 0.3) is 11.3 Å². The van der Waals surface area contributed by atoms with Gasteiger partial charge in [0.25, 0.3) is 0 Å². The first-order chi connectivity index (χ1) is 8.90. The molecule has 1 aromatic heterocycles. The van der Waals surface area contributed by atoms with Crippen LogP contribution in [0.4, 0.5) is 0 Å². The van der Waals surface area contributed by atoms with Crippen LogP contribution in [0.1, 0.15) is 17.9 Å². The normalized spacial score (nSPS) is 18.2. The van der Waals surface area contributed by atoms with Crippen LogP contribution in [0.3, 0.4) is 0 Å². The molecular formula is C14H16N2O2. The summed E-state index contributed by atoms with van der Waals surface area (Å²) < 4.78 is 10.9. The zero-order chi connectivity index (χ0) is 12.4. The Morgan fingerprint density at radius 1 is 1.44 bits per heavy atom. The lowest BCUT2D eigenvalue weighted by atomic mass is 9.90. The van der Waals surface area contributed by atoms with Gasteiger partial charge in [-0.1, -0.05) is 12.1 Å². The van der Waals surface area contributed by atoms with Crippen molar-refractivity contribution in [1.82, 2.24) is 10.3 Å². The Morgan fingerprint density at radius 3 is 3.17 bits per heavy atom. The highest BCUT2D eigenvalue weighted by Crippen LogP contribution is 2.40. The van der Waals surface area contributed by atoms with Crippen molar-refractivity contribution >= 4 is 0 Å². The number of hydrogen-bond donors (Lipinski definition) is 1. The SMILES string of the molecule is CNC[C@@H]1CCOc2c(-c3cocn3)cccc21. The highest BCUT2D eigenvalue weighted by atomic mass is 16.5. The van der Waals surface area contributed by atoms with Crippen molar-refractivity contribution in [2.24, 2.45) is 0 Å². The van der Waals surface area contributed by atoms with E-state index in [4.69, 9.17) is 9.15 Å². The topological polar surface area (TPSA) is 47.3 Å². The molecule has 0 bridgehead atoms. The van der Waals surface area contributed by atoms with Gasteiger partial charge in [0.15, 0.2) is 6.39 Å². The van der Waals surface area contributed by atoms with E-state index in [9.17, 15) is 0 Å². The van der Waals surface area contributed by atoms with Crippen molar-refractivity contribution < 1.29 is 9.15 Å². The van der Waals surface area contributed by atoms with Crippen molar-refractivity contribution in [3.63, 3.8) is 0 Å². The van der Waals surface area contributed by atoms with Gasteiger partial charge in [0.1, 0.15) is 17.7 Å². The van der Waals surface area contributed by atoms with Crippen molar-refractivity contribution in [2.45, 2.75) is 12.3 Å². The number of hydrogen-bond acceptors (Lipinski definition) is 4. The van der Waals surface area contributed by atoms with Crippen LogP contribution in [-0.4, -0.2) is 25.2 Å². The molecule has 4 heteroatoms. The van der Waals surface area contributed by atoms with Gasteiger partial charge in [-0.15, -0.1) is 0 Å². The Kier molecular flexibility index (Phi) is 3.02. The van der Waals surface area contributed by atoms with Crippen LogP contribution >= 0.6 is 0 Å². The number of ether oxygens (including phenoxy) is 1. The van der Waals surface area contributed by atoms with E-state index in [-0.39, 0.29) is 0 Å². The van der Waals surface area contributed by atoms with E-state index in [2.05, 4.69) is 22.4 Å². The summed E-state index contributed by atoms with van der Waals surface area (Å²) in [4.78, 5) is 4.20. The van der Waals surface area contributed by atoms with Crippen molar-refractivity contribution in [1.29, 1.82) is 0 Å². The molecule has 1 N–H and O–H groups in total. The molecule has 94 valence electrons. The molecule has 0 spiro atoms. The first-order valence-electron chi connectivity index (χ1n) is 6.19. The van der Waals surface area contributed by atoms with Gasteiger partial charge in [0.05, 0.1) is 6.61 Å². The van der Waals surface area contributed by atoms with E-state index >= 15 is 0 Å². The molecule has 0 saturated carbocycles. The maximum Gasteiger partial charge on any atom is 0.181 e. The monoisotopic (exact) mass is 244 g/mol. The van der Waals surface area contributed by atoms with Gasteiger partial charge in [-0.25, -0.2) is 4.98 Å². The molecular weight excluding hydrogens is 228 g/mol. The molecule has 0 amide bonds. The van der Waals surface area contributed by atoms with Gasteiger partial charge in [-0.2, -0.15) is 0 Å². The number of benzene rings is 1. The standard InChI is InChI=1S/C14H16N2O2/c1-15-7-10-5-6-18-14-11(10)3-2-4-12(14)13-8-17-9-16-13/h2-4,8-10,15H,5-7H2,1H3/t10-/m0/s1. The largest absolute Gasteiger partial charge is 0.493 e. The lowest BCUT2D eigenvalue weighted by molar-refractivity contribution is 0.267. The van der Waals surface area contributed by atoms with Crippen LogP contribution in [-0.2, 0) is 0 Å². The summed E-state index contributed by atoms with van der Waals surface area (Å²) in [5, 5.41) is 3.24. The van der Waals surface area contributed by atoms with E-state index in [1.807, 2.05) is 13.1 Å². The Bertz CT molecular complexity index is 523. The maximum absolute atomic E-state index is 5.85. The van der Waals surface area contributed by atoms with Crippen LogP contribution in [0, 0.1) is 0 Å². The third kappa shape index (κ3) is 1.88. The average Bonchev–Trinajstić information content (AvgIpc) is 2.93. The third-order valence-electron chi connectivity index (χ3n) is 3.36. The number of oxazole rings is 1. The molecule has 1 aliphatic heterocycles. The zero-order valence-electron chi connectivity index (χ0n) is 10.3. The number of likely N-dealkylation sites (N-methyl/N-ethyl adjacent to an activating group) is 1. The third-order valence-corrected chi connectivity index (χ3v) is 3.36. The number of para-hydroxylation sites is 1. The van der Waals surface area contributed by atoms with Crippen molar-refractivity contribution in [3.8, 4) is 17.0 Å². The molecule has 0 aliphatic carbocycles. The number of nitrogens with zero attached hydrogens (tertiary/aromatic N) is 1. The van der Waals surface area contributed by atoms with Crippen LogP contribution in [0.15, 0.2) is 35.3 Å². The molecule has 0 fully saturated rings. The summed E-state index contributed by atoms with van der Waals surface area (Å²) >= 11 is 0. The Balaban J connectivity index is 2.06. The highest BCUT2D eigenvalue weighted by molar-refractivity contribution is 5.69. The van der Waals surface area contributed by atoms with E-state index in [1.54, 1.807) is 6.26 Å². The van der Waals surface area contributed by atoms with Crippen LogP contribution in [0.5, 0.6) is 5.75 Å². The summed E-state index contributed by atoms with van der Waals surface area (Å²) in [7, 11) is 1.98. The van der Waals surface area contributed by atoms with Gasteiger partial charge in [-0.05, 0) is 25.1 Å². The second-order valence-corrected chi connectivity index (χ2v) is 4.49. The Hall–Kier alpha value is -1.81. The molecule has 1 aromatic carbocycles. The predicted octanol–water partition coefficient (Wildman–Crippen LogP) is 2.43. The minimum atomic E-state index is 0.505. The smallest absolute Gasteiger partial charge is 0.181 e. The fourth-order valence-electron chi connectivity index (χ4n) is 2.50. The maximum atomic E-state index is 5.85. The summed E-state index contributed by atoms with van der Waals surface area (Å²) in [6, 6.07) is 6.22. The molecule has 3 rings (SSSR count). The Labute approximate surface area is 106 Å². The summed E-state index contributed by atoms with van der Waals surface area (Å²) in [5.41, 5.74) is 3.11. The molecule has 2 heterocycles. The van der Waals surface area contributed by atoms with Gasteiger partial charge in [0.2, 0.25) is 0 Å². The number of rotatable bonds is 3. The lowest BCUT2D eigenvalue weighted by Crippen LogP contribution is -2.23. The van der Waals surface area contributed by atoms with Crippen molar-refractivity contribution in [3.05, 3.63) is 36.4 Å². The first kappa shape index (κ1) is 11.3. The average molecular weight is 244 g/mol. The second kappa shape index (κ2) is 4.82. The van der Waals surface area contributed by atoms with E-state index in [1.165, 1.54) is 12.0 Å². The summed E-state index contributed by atoms with van der Waals surface area (Å²) in [6.07, 6.45) is 4.15. The molecule has 0 unspecified atom stereocenters. The number of fused-ring (bicyclic) bond motifs is 1. The summed E-state index contributed by atoms with van der Waals surface area (Å²) in [6.45, 7) is 1.73. The first-order valence-corrected chi connectivity index (χ1v) is 6.19. The van der Waals surface area contributed by atoms with Gasteiger partial charge >= 0.3 is 0 Å². The summed E-state index contributed by atoms with van der Waals surface area (Å²) in [5.74, 6) is 1.46. The van der Waals surface area contributed by atoms with E-state index < -0.39 is 0 Å². The highest BCUT2D eigenvalue weighted by Gasteiger charge is 2.24. The van der Waals surface area contributed by atoms with E-state index in [0.717, 1.165) is 36.6 Å². The van der Waals surface area contributed by atoms with Gasteiger partial charge in [-0.3, -0.25) is 0 Å². The molecule has 1 atom stereocenters. The fraction of sp³-hybridized carbons (Fsp3) is 0.357. The minimum absolute atomic E-state index is 0.505. The van der Waals surface area contributed by atoms with Crippen LogP contribution < -0.4 is 10.1 Å². The van der Waals surface area contributed by atoms with E-state index in [0.29, 0.717) is 5.92 Å². The Morgan fingerprint density at radius 2 is 2.39 bits per heavy atom. The van der Waals surface area contributed by atoms with Crippen molar-refractivity contribution in [2.75, 3.05) is 20.2 Å². The molecule has 18 heavy (non-hydrogen) atoms. The number of aromatic nitrogens is 1. The molecule has 2 aromatic rings. The van der Waals surface area contributed by atoms with Gasteiger partial charge < -0.3 is 14.5 Å². The van der Waals surface area contributed by atoms with Crippen LogP contribution in [0.2, 0.25) is 0 Å². The minimum Gasteiger partial charge on any atom is -0.493 e. The van der Waals surface area contributed by atoms with Gasteiger partial charge in [0, 0.05) is 18.0 Å². The molecule has 0 radical (unpaired) electrons. The quantitative estimate of drug-likeness (QED) is 0.900. The number of nitrogens with one attached hydrogen (secondary N) is 1. The lowest BCUT2D eigenvalue weighted by Gasteiger charge is -2.27. The zero-order valence-corrected chi connectivity index (χ0v) is 10.3. The molecule has 4 nitrogen and oxygen atoms in total. The predicted molar refractivity (Wildman–Crippen MR) is 68.7 cm³/mol. The molecule has 1 aliphatic rings. The molecule has 0 saturated heterocycles. The fourth-order valence-corrected chi connectivity index (χ4v) is 2.50. The second-order valence-electron chi connectivity index (χ2n) is 4.49.